The number of benzene rings is 1. The monoisotopic (exact) mass is 327 g/mol. The second-order valence-electron chi connectivity index (χ2n) is 5.57. The molecule has 0 radical (unpaired) electrons. The van der Waals surface area contributed by atoms with Gasteiger partial charge in [-0.1, -0.05) is 12.1 Å². The van der Waals surface area contributed by atoms with Crippen LogP contribution in [0.5, 0.6) is 5.75 Å². The van der Waals surface area contributed by atoms with Crippen molar-refractivity contribution >= 4 is 18.3 Å². The molecule has 124 valence electrons. The van der Waals surface area contributed by atoms with Crippen molar-refractivity contribution in [1.82, 2.24) is 10.2 Å². The smallest absolute Gasteiger partial charge is 0.236 e. The summed E-state index contributed by atoms with van der Waals surface area (Å²) in [7, 11) is 1.67. The fourth-order valence-electron chi connectivity index (χ4n) is 2.72. The minimum absolute atomic E-state index is 0. The Balaban J connectivity index is 0.00000242. The highest BCUT2D eigenvalue weighted by Gasteiger charge is 2.24. The van der Waals surface area contributed by atoms with E-state index in [0.717, 1.165) is 18.8 Å². The number of likely N-dealkylation sites (tertiary alicyclic amines) is 1. The van der Waals surface area contributed by atoms with Gasteiger partial charge < -0.3 is 15.8 Å². The number of nitrogens with one attached hydrogen (secondary N) is 1. The van der Waals surface area contributed by atoms with E-state index in [0.29, 0.717) is 6.54 Å². The summed E-state index contributed by atoms with van der Waals surface area (Å²) in [6.45, 7) is 4.41. The van der Waals surface area contributed by atoms with Crippen LogP contribution in [0.25, 0.3) is 0 Å². The van der Waals surface area contributed by atoms with Gasteiger partial charge in [0.2, 0.25) is 5.91 Å². The molecule has 1 heterocycles. The van der Waals surface area contributed by atoms with Crippen molar-refractivity contribution in [3.63, 3.8) is 0 Å². The van der Waals surface area contributed by atoms with E-state index in [1.54, 1.807) is 14.0 Å². The number of nitrogens with two attached hydrogens (primary N) is 1. The van der Waals surface area contributed by atoms with Crippen LogP contribution in [0.3, 0.4) is 0 Å². The lowest BCUT2D eigenvalue weighted by atomic mass is 10.0. The van der Waals surface area contributed by atoms with Gasteiger partial charge in [-0.15, -0.1) is 12.4 Å². The van der Waals surface area contributed by atoms with Gasteiger partial charge in [0, 0.05) is 6.54 Å². The van der Waals surface area contributed by atoms with Gasteiger partial charge in [-0.25, -0.2) is 0 Å². The molecule has 0 spiro atoms. The summed E-state index contributed by atoms with van der Waals surface area (Å²) in [5, 5.41) is 2.95. The minimum atomic E-state index is -0.477. The van der Waals surface area contributed by atoms with Crippen LogP contribution in [-0.4, -0.2) is 43.6 Å². The molecule has 0 aromatic heterocycles. The molecule has 3 N–H and O–H groups in total. The second-order valence-corrected chi connectivity index (χ2v) is 5.57. The van der Waals surface area contributed by atoms with Gasteiger partial charge in [0.25, 0.3) is 0 Å². The molecule has 2 rings (SSSR count). The number of halogens is 1. The largest absolute Gasteiger partial charge is 0.497 e. The maximum absolute atomic E-state index is 11.7. The fourth-order valence-corrected chi connectivity index (χ4v) is 2.72. The van der Waals surface area contributed by atoms with Gasteiger partial charge in [0.05, 0.1) is 19.2 Å². The Hall–Kier alpha value is -1.30. The second kappa shape index (κ2) is 8.98. The lowest BCUT2D eigenvalue weighted by molar-refractivity contribution is -0.122. The Morgan fingerprint density at radius 1 is 1.41 bits per heavy atom. The highest BCUT2D eigenvalue weighted by atomic mass is 35.5. The molecule has 1 aliphatic heterocycles. The van der Waals surface area contributed by atoms with E-state index in [-0.39, 0.29) is 24.4 Å². The molecule has 1 aromatic carbocycles. The highest BCUT2D eigenvalue weighted by Crippen LogP contribution is 2.27. The van der Waals surface area contributed by atoms with Gasteiger partial charge >= 0.3 is 0 Å². The van der Waals surface area contributed by atoms with Crippen LogP contribution >= 0.6 is 12.4 Å². The van der Waals surface area contributed by atoms with Crippen molar-refractivity contribution in [2.75, 3.05) is 26.7 Å². The SMILES string of the molecule is COc1cccc(C(CNC(=O)C(C)N)N2CCCC2)c1.Cl. The number of hydrogen-bond acceptors (Lipinski definition) is 4. The first-order chi connectivity index (χ1) is 10.1. The first-order valence-corrected chi connectivity index (χ1v) is 7.53. The third kappa shape index (κ3) is 4.87. The van der Waals surface area contributed by atoms with E-state index in [9.17, 15) is 4.79 Å². The zero-order valence-corrected chi connectivity index (χ0v) is 14.1. The number of hydrogen-bond donors (Lipinski definition) is 2. The van der Waals surface area contributed by atoms with E-state index in [1.165, 1.54) is 18.4 Å². The van der Waals surface area contributed by atoms with Gasteiger partial charge in [0.15, 0.2) is 0 Å². The molecular formula is C16H26ClN3O2. The summed E-state index contributed by atoms with van der Waals surface area (Å²) in [6.07, 6.45) is 2.42. The van der Waals surface area contributed by atoms with Gasteiger partial charge in [-0.2, -0.15) is 0 Å². The Morgan fingerprint density at radius 3 is 2.68 bits per heavy atom. The molecule has 0 aliphatic carbocycles. The van der Waals surface area contributed by atoms with Crippen LogP contribution in [0.1, 0.15) is 31.4 Å². The number of rotatable bonds is 6. The molecule has 2 atom stereocenters. The van der Waals surface area contributed by atoms with Crippen LogP contribution in [-0.2, 0) is 4.79 Å². The average molecular weight is 328 g/mol. The molecule has 1 aliphatic rings. The molecule has 1 fully saturated rings. The Morgan fingerprint density at radius 2 is 2.09 bits per heavy atom. The van der Waals surface area contributed by atoms with E-state index < -0.39 is 6.04 Å². The minimum Gasteiger partial charge on any atom is -0.497 e. The molecule has 5 nitrogen and oxygen atoms in total. The topological polar surface area (TPSA) is 67.6 Å². The van der Waals surface area contributed by atoms with Crippen molar-refractivity contribution in [3.8, 4) is 5.75 Å². The van der Waals surface area contributed by atoms with Crippen LogP contribution in [0.4, 0.5) is 0 Å². The lowest BCUT2D eigenvalue weighted by Gasteiger charge is -2.28. The maximum Gasteiger partial charge on any atom is 0.236 e. The van der Waals surface area contributed by atoms with Crippen molar-refractivity contribution in [2.45, 2.75) is 31.8 Å². The Labute approximate surface area is 138 Å². The first kappa shape index (κ1) is 18.7. The Bertz CT molecular complexity index is 476. The van der Waals surface area contributed by atoms with Gasteiger partial charge in [-0.05, 0) is 50.6 Å². The van der Waals surface area contributed by atoms with Gasteiger partial charge in [-0.3, -0.25) is 9.69 Å². The summed E-state index contributed by atoms with van der Waals surface area (Å²) in [5.74, 6) is 0.734. The van der Waals surface area contributed by atoms with Crippen LogP contribution in [0.15, 0.2) is 24.3 Å². The van der Waals surface area contributed by atoms with Crippen molar-refractivity contribution in [1.29, 1.82) is 0 Å². The van der Waals surface area contributed by atoms with Crippen LogP contribution in [0, 0.1) is 0 Å². The summed E-state index contributed by atoms with van der Waals surface area (Å²) >= 11 is 0. The van der Waals surface area contributed by atoms with Crippen LogP contribution in [0.2, 0.25) is 0 Å². The van der Waals surface area contributed by atoms with Crippen LogP contribution < -0.4 is 15.8 Å². The zero-order chi connectivity index (χ0) is 15.2. The maximum atomic E-state index is 11.7. The predicted octanol–water partition coefficient (Wildman–Crippen LogP) is 1.72. The van der Waals surface area contributed by atoms with Crippen molar-refractivity contribution < 1.29 is 9.53 Å². The Kier molecular flexibility index (Phi) is 7.65. The number of ether oxygens (including phenoxy) is 1. The summed E-state index contributed by atoms with van der Waals surface area (Å²) < 4.78 is 5.31. The number of methoxy groups -OCH3 is 1. The molecule has 1 amide bonds. The van der Waals surface area contributed by atoms with E-state index in [4.69, 9.17) is 10.5 Å². The normalized spacial score (nSPS) is 17.4. The first-order valence-electron chi connectivity index (χ1n) is 7.53. The van der Waals surface area contributed by atoms with Crippen molar-refractivity contribution in [3.05, 3.63) is 29.8 Å². The van der Waals surface area contributed by atoms with E-state index in [2.05, 4.69) is 16.3 Å². The standard InChI is InChI=1S/C16H25N3O2.ClH/c1-12(17)16(20)18-11-15(19-8-3-4-9-19)13-6-5-7-14(10-13)21-2;/h5-7,10,12,15H,3-4,8-9,11,17H2,1-2H3,(H,18,20);1H. The molecular weight excluding hydrogens is 302 g/mol. The molecule has 2 unspecified atom stereocenters. The van der Waals surface area contributed by atoms with Crippen molar-refractivity contribution in [2.24, 2.45) is 5.73 Å². The summed E-state index contributed by atoms with van der Waals surface area (Å²) in [6, 6.07) is 7.75. The molecule has 0 bridgehead atoms. The zero-order valence-electron chi connectivity index (χ0n) is 13.2. The summed E-state index contributed by atoms with van der Waals surface area (Å²) in [5.41, 5.74) is 6.78. The van der Waals surface area contributed by atoms with E-state index >= 15 is 0 Å². The number of carbonyl (C=O) groups is 1. The molecule has 1 aromatic rings. The molecule has 1 saturated heterocycles. The predicted molar refractivity (Wildman–Crippen MR) is 90.4 cm³/mol. The number of nitrogens with zero attached hydrogens (tertiary/aromatic N) is 1. The lowest BCUT2D eigenvalue weighted by Crippen LogP contribution is -2.43. The third-order valence-electron chi connectivity index (χ3n) is 3.94. The van der Waals surface area contributed by atoms with Gasteiger partial charge in [0.1, 0.15) is 5.75 Å². The number of carbonyl (C=O) groups excluding carboxylic acids is 1. The molecule has 0 saturated carbocycles. The fraction of sp³-hybridized carbons (Fsp3) is 0.562. The third-order valence-corrected chi connectivity index (χ3v) is 3.94. The van der Waals surface area contributed by atoms with E-state index in [1.807, 2.05) is 18.2 Å². The quantitative estimate of drug-likeness (QED) is 0.835. The molecule has 6 heteroatoms. The average Bonchev–Trinajstić information content (AvgIpc) is 3.01. The summed E-state index contributed by atoms with van der Waals surface area (Å²) in [4.78, 5) is 14.2. The number of amides is 1. The highest BCUT2D eigenvalue weighted by molar-refractivity contribution is 5.85. The molecule has 22 heavy (non-hydrogen) atoms.